The smallest absolute Gasteiger partial charge is 0.303 e. The Morgan fingerprint density at radius 1 is 1.43 bits per heavy atom. The molecular formula is C12H17Cl2NO4S2. The van der Waals surface area contributed by atoms with Gasteiger partial charge in [-0.05, 0) is 24.8 Å². The Morgan fingerprint density at radius 3 is 2.57 bits per heavy atom. The van der Waals surface area contributed by atoms with Gasteiger partial charge in [0.15, 0.2) is 0 Å². The number of rotatable bonds is 9. The van der Waals surface area contributed by atoms with E-state index in [2.05, 4.69) is 4.72 Å². The molecular weight excluding hydrogens is 357 g/mol. The molecule has 2 N–H and O–H groups in total. The maximum absolute atomic E-state index is 12.1. The van der Waals surface area contributed by atoms with Crippen LogP contribution in [0.25, 0.3) is 0 Å². The highest BCUT2D eigenvalue weighted by molar-refractivity contribution is 7.89. The van der Waals surface area contributed by atoms with Gasteiger partial charge in [0.1, 0.15) is 9.23 Å². The summed E-state index contributed by atoms with van der Waals surface area (Å²) in [5.74, 6) is -0.668. The van der Waals surface area contributed by atoms with Gasteiger partial charge in [-0.25, -0.2) is 13.1 Å². The van der Waals surface area contributed by atoms with Crippen LogP contribution in [-0.2, 0) is 14.8 Å². The van der Waals surface area contributed by atoms with Crippen molar-refractivity contribution in [1.29, 1.82) is 0 Å². The first-order valence-corrected chi connectivity index (χ1v) is 9.48. The van der Waals surface area contributed by atoms with Crippen molar-refractivity contribution in [1.82, 2.24) is 4.72 Å². The zero-order valence-electron chi connectivity index (χ0n) is 11.4. The molecule has 0 fully saturated rings. The lowest BCUT2D eigenvalue weighted by Crippen LogP contribution is -2.26. The zero-order chi connectivity index (χ0) is 16.0. The highest BCUT2D eigenvalue weighted by Crippen LogP contribution is 2.34. The summed E-state index contributed by atoms with van der Waals surface area (Å²) in [5.41, 5.74) is 0. The molecule has 0 amide bonds. The van der Waals surface area contributed by atoms with Crippen LogP contribution in [0.2, 0.25) is 8.67 Å². The molecule has 5 nitrogen and oxygen atoms in total. The van der Waals surface area contributed by atoms with E-state index in [1.807, 2.05) is 6.92 Å². The Hall–Kier alpha value is -0.340. The lowest BCUT2D eigenvalue weighted by atomic mass is 9.97. The number of hydrogen-bond acceptors (Lipinski definition) is 4. The van der Waals surface area contributed by atoms with E-state index in [1.54, 1.807) is 0 Å². The lowest BCUT2D eigenvalue weighted by molar-refractivity contribution is -0.137. The van der Waals surface area contributed by atoms with E-state index in [9.17, 15) is 13.2 Å². The molecule has 0 aliphatic heterocycles. The van der Waals surface area contributed by atoms with E-state index >= 15 is 0 Å². The number of carbonyl (C=O) groups is 1. The van der Waals surface area contributed by atoms with Crippen molar-refractivity contribution in [3.05, 3.63) is 14.7 Å². The van der Waals surface area contributed by atoms with Crippen molar-refractivity contribution in [2.75, 3.05) is 6.54 Å². The number of nitrogens with one attached hydrogen (secondary N) is 1. The molecule has 1 atom stereocenters. The molecule has 1 heterocycles. The number of aliphatic carboxylic acids is 1. The monoisotopic (exact) mass is 373 g/mol. The van der Waals surface area contributed by atoms with Gasteiger partial charge in [-0.15, -0.1) is 11.3 Å². The summed E-state index contributed by atoms with van der Waals surface area (Å²) < 4.78 is 27.0. The van der Waals surface area contributed by atoms with Gasteiger partial charge in [0.05, 0.1) is 4.34 Å². The Labute approximate surface area is 138 Å². The minimum absolute atomic E-state index is 0.0160. The summed E-state index contributed by atoms with van der Waals surface area (Å²) in [5, 5.41) is 8.66. The van der Waals surface area contributed by atoms with Gasteiger partial charge in [-0.3, -0.25) is 4.79 Å². The van der Waals surface area contributed by atoms with E-state index in [1.165, 1.54) is 6.07 Å². The lowest BCUT2D eigenvalue weighted by Gasteiger charge is -2.14. The van der Waals surface area contributed by atoms with E-state index in [0.29, 0.717) is 17.2 Å². The number of hydrogen-bond donors (Lipinski definition) is 2. The molecule has 0 aliphatic carbocycles. The summed E-state index contributed by atoms with van der Waals surface area (Å²) >= 11 is 12.6. The fourth-order valence-corrected chi connectivity index (χ4v) is 5.06. The van der Waals surface area contributed by atoms with Crippen LogP contribution >= 0.6 is 34.5 Å². The van der Waals surface area contributed by atoms with E-state index in [4.69, 9.17) is 28.3 Å². The summed E-state index contributed by atoms with van der Waals surface area (Å²) in [4.78, 5) is 10.5. The number of thiophene rings is 1. The molecule has 1 rings (SSSR count). The van der Waals surface area contributed by atoms with Crippen LogP contribution in [0.4, 0.5) is 0 Å². The van der Waals surface area contributed by atoms with Crippen LogP contribution in [0.5, 0.6) is 0 Å². The number of carboxylic acid groups (broad SMARTS) is 1. The molecule has 1 aromatic heterocycles. The van der Waals surface area contributed by atoms with Gasteiger partial charge in [0.25, 0.3) is 0 Å². The van der Waals surface area contributed by atoms with E-state index in [-0.39, 0.29) is 28.1 Å². The molecule has 0 radical (unpaired) electrons. The van der Waals surface area contributed by atoms with Crippen LogP contribution < -0.4 is 4.72 Å². The fourth-order valence-electron chi connectivity index (χ4n) is 1.86. The molecule has 0 aromatic carbocycles. The van der Waals surface area contributed by atoms with Gasteiger partial charge in [-0.2, -0.15) is 0 Å². The van der Waals surface area contributed by atoms with Crippen LogP contribution in [0.15, 0.2) is 11.0 Å². The predicted molar refractivity (Wildman–Crippen MR) is 84.8 cm³/mol. The van der Waals surface area contributed by atoms with E-state index < -0.39 is 16.0 Å². The minimum Gasteiger partial charge on any atom is -0.481 e. The Morgan fingerprint density at radius 2 is 2.10 bits per heavy atom. The highest BCUT2D eigenvalue weighted by atomic mass is 35.5. The average molecular weight is 374 g/mol. The van der Waals surface area contributed by atoms with Gasteiger partial charge < -0.3 is 5.11 Å². The van der Waals surface area contributed by atoms with Crippen molar-refractivity contribution in [3.8, 4) is 0 Å². The van der Waals surface area contributed by atoms with Crippen molar-refractivity contribution < 1.29 is 18.3 Å². The second kappa shape index (κ2) is 8.33. The SMILES string of the molecule is CCC(CCNS(=O)(=O)c1cc(Cl)sc1Cl)CCC(=O)O. The van der Waals surface area contributed by atoms with Gasteiger partial charge in [-0.1, -0.05) is 36.5 Å². The van der Waals surface area contributed by atoms with Crippen LogP contribution in [0.1, 0.15) is 32.6 Å². The predicted octanol–water partition coefficient (Wildman–Crippen LogP) is 3.61. The molecule has 0 bridgehead atoms. The van der Waals surface area contributed by atoms with Crippen molar-refractivity contribution >= 4 is 50.5 Å². The van der Waals surface area contributed by atoms with Crippen molar-refractivity contribution in [3.63, 3.8) is 0 Å². The van der Waals surface area contributed by atoms with Crippen LogP contribution in [-0.4, -0.2) is 26.0 Å². The second-order valence-electron chi connectivity index (χ2n) is 4.58. The zero-order valence-corrected chi connectivity index (χ0v) is 14.6. The first kappa shape index (κ1) is 18.7. The molecule has 21 heavy (non-hydrogen) atoms. The van der Waals surface area contributed by atoms with Gasteiger partial charge in [0, 0.05) is 13.0 Å². The van der Waals surface area contributed by atoms with Crippen molar-refractivity contribution in [2.45, 2.75) is 37.5 Å². The standard InChI is InChI=1S/C12H17Cl2NO4S2/c1-2-8(3-4-11(16)17)5-6-15-21(18,19)9-7-10(13)20-12(9)14/h7-8,15H,2-6H2,1H3,(H,16,17). The third-order valence-electron chi connectivity index (χ3n) is 3.10. The third-order valence-corrected chi connectivity index (χ3v) is 6.32. The van der Waals surface area contributed by atoms with Crippen molar-refractivity contribution in [2.24, 2.45) is 5.92 Å². The summed E-state index contributed by atoms with van der Waals surface area (Å²) in [6, 6.07) is 1.32. The number of halogens is 2. The quantitative estimate of drug-likeness (QED) is 0.692. The molecule has 0 saturated carbocycles. The largest absolute Gasteiger partial charge is 0.481 e. The summed E-state index contributed by atoms with van der Waals surface area (Å²) in [6.07, 6.45) is 2.02. The summed E-state index contributed by atoms with van der Waals surface area (Å²) in [7, 11) is -3.68. The first-order valence-electron chi connectivity index (χ1n) is 6.42. The molecule has 1 aromatic rings. The van der Waals surface area contributed by atoms with E-state index in [0.717, 1.165) is 17.8 Å². The summed E-state index contributed by atoms with van der Waals surface area (Å²) in [6.45, 7) is 2.20. The molecule has 0 aliphatic rings. The Bertz CT molecular complexity index is 586. The fraction of sp³-hybridized carbons (Fsp3) is 0.583. The minimum atomic E-state index is -3.68. The highest BCUT2D eigenvalue weighted by Gasteiger charge is 2.21. The average Bonchev–Trinajstić information content (AvgIpc) is 2.73. The Kier molecular flexibility index (Phi) is 7.42. The molecule has 120 valence electrons. The molecule has 0 saturated heterocycles. The maximum Gasteiger partial charge on any atom is 0.303 e. The first-order chi connectivity index (χ1) is 9.76. The molecule has 0 spiro atoms. The molecule has 1 unspecified atom stereocenters. The van der Waals surface area contributed by atoms with Gasteiger partial charge in [0.2, 0.25) is 10.0 Å². The second-order valence-corrected chi connectivity index (χ2v) is 8.60. The normalized spacial score (nSPS) is 13.3. The van der Waals surface area contributed by atoms with Crippen LogP contribution in [0.3, 0.4) is 0 Å². The topological polar surface area (TPSA) is 83.5 Å². The maximum atomic E-state index is 12.1. The van der Waals surface area contributed by atoms with Gasteiger partial charge >= 0.3 is 5.97 Å². The Balaban J connectivity index is 2.54. The van der Waals surface area contributed by atoms with Crippen LogP contribution in [0, 0.1) is 5.92 Å². The molecule has 9 heteroatoms. The number of carboxylic acids is 1. The third kappa shape index (κ3) is 6.12. The number of sulfonamides is 1.